The Kier molecular flexibility index (Phi) is 9.35. The lowest BCUT2D eigenvalue weighted by atomic mass is 10.2. The van der Waals surface area contributed by atoms with E-state index in [-0.39, 0.29) is 0 Å². The molecule has 1 rings (SSSR count). The number of ether oxygens (including phenoxy) is 5. The number of anilines is 1. The molecule has 0 unspecified atom stereocenters. The van der Waals surface area contributed by atoms with E-state index in [0.29, 0.717) is 39.6 Å². The number of benzene rings is 1. The Bertz CT molecular complexity index is 364. The van der Waals surface area contributed by atoms with Crippen LogP contribution in [0.1, 0.15) is 0 Å². The fourth-order valence-electron chi connectivity index (χ4n) is 1.64. The second kappa shape index (κ2) is 11.2. The Labute approximate surface area is 126 Å². The minimum atomic E-state index is 0.576. The maximum absolute atomic E-state index is 5.46. The molecule has 1 aromatic rings. The van der Waals surface area contributed by atoms with Crippen LogP contribution in [0.5, 0.6) is 11.5 Å². The molecule has 0 amide bonds. The molecule has 0 bridgehead atoms. The first kappa shape index (κ1) is 17.6. The largest absolute Gasteiger partial charge is 0.497 e. The van der Waals surface area contributed by atoms with E-state index in [4.69, 9.17) is 23.7 Å². The van der Waals surface area contributed by atoms with Crippen LogP contribution in [0, 0.1) is 0 Å². The number of methoxy groups -OCH3 is 3. The van der Waals surface area contributed by atoms with Crippen LogP contribution >= 0.6 is 0 Å². The summed E-state index contributed by atoms with van der Waals surface area (Å²) in [7, 11) is 4.91. The van der Waals surface area contributed by atoms with Crippen molar-refractivity contribution < 1.29 is 23.7 Å². The number of hydrogen-bond donors (Lipinski definition) is 1. The fourth-order valence-corrected chi connectivity index (χ4v) is 1.64. The summed E-state index contributed by atoms with van der Waals surface area (Å²) in [6.45, 7) is 3.67. The summed E-state index contributed by atoms with van der Waals surface area (Å²) in [4.78, 5) is 0. The van der Waals surface area contributed by atoms with Gasteiger partial charge in [0.15, 0.2) is 0 Å². The second-order valence-electron chi connectivity index (χ2n) is 4.25. The third-order valence-corrected chi connectivity index (χ3v) is 2.73. The van der Waals surface area contributed by atoms with E-state index in [1.54, 1.807) is 21.3 Å². The van der Waals surface area contributed by atoms with Crippen molar-refractivity contribution in [3.8, 4) is 11.5 Å². The molecule has 21 heavy (non-hydrogen) atoms. The Morgan fingerprint density at radius 2 is 1.33 bits per heavy atom. The van der Waals surface area contributed by atoms with Gasteiger partial charge in [-0.1, -0.05) is 0 Å². The summed E-state index contributed by atoms with van der Waals surface area (Å²) in [6.07, 6.45) is 0. The van der Waals surface area contributed by atoms with E-state index >= 15 is 0 Å². The van der Waals surface area contributed by atoms with Gasteiger partial charge in [-0.05, 0) is 0 Å². The molecule has 0 aliphatic rings. The van der Waals surface area contributed by atoms with E-state index in [2.05, 4.69) is 5.32 Å². The Hall–Kier alpha value is -1.50. The molecule has 0 saturated carbocycles. The van der Waals surface area contributed by atoms with Crippen LogP contribution in [0.25, 0.3) is 0 Å². The molecular formula is C15H25NO5. The predicted octanol–water partition coefficient (Wildman–Crippen LogP) is 1.80. The molecule has 0 fully saturated rings. The molecule has 0 saturated heterocycles. The zero-order valence-corrected chi connectivity index (χ0v) is 13.0. The number of rotatable bonds is 12. The molecule has 6 heteroatoms. The first-order chi connectivity index (χ1) is 10.3. The molecule has 0 aromatic heterocycles. The van der Waals surface area contributed by atoms with Gasteiger partial charge in [-0.25, -0.2) is 0 Å². The molecule has 0 heterocycles. The van der Waals surface area contributed by atoms with Crippen LogP contribution in [-0.2, 0) is 14.2 Å². The Morgan fingerprint density at radius 1 is 0.762 bits per heavy atom. The highest BCUT2D eigenvalue weighted by Gasteiger charge is 2.01. The van der Waals surface area contributed by atoms with Gasteiger partial charge in [0.1, 0.15) is 11.5 Å². The summed E-state index contributed by atoms with van der Waals surface area (Å²) >= 11 is 0. The Balaban J connectivity index is 2.15. The second-order valence-corrected chi connectivity index (χ2v) is 4.25. The molecule has 0 spiro atoms. The SMILES string of the molecule is COCCOCCOCCNc1cc(OC)cc(OC)c1. The molecule has 0 atom stereocenters. The molecule has 6 nitrogen and oxygen atoms in total. The summed E-state index contributed by atoms with van der Waals surface area (Å²) in [5.41, 5.74) is 0.936. The molecule has 0 radical (unpaired) electrons. The fraction of sp³-hybridized carbons (Fsp3) is 0.600. The normalized spacial score (nSPS) is 10.4. The van der Waals surface area contributed by atoms with Crippen LogP contribution < -0.4 is 14.8 Å². The van der Waals surface area contributed by atoms with Crippen molar-refractivity contribution in [2.24, 2.45) is 0 Å². The van der Waals surface area contributed by atoms with Gasteiger partial charge in [-0.3, -0.25) is 0 Å². The lowest BCUT2D eigenvalue weighted by Gasteiger charge is -2.11. The molecule has 1 aromatic carbocycles. The maximum atomic E-state index is 5.46. The zero-order chi connectivity index (χ0) is 15.3. The minimum absolute atomic E-state index is 0.576. The highest BCUT2D eigenvalue weighted by atomic mass is 16.5. The van der Waals surface area contributed by atoms with Gasteiger partial charge in [-0.2, -0.15) is 0 Å². The molecule has 1 N–H and O–H groups in total. The summed E-state index contributed by atoms with van der Waals surface area (Å²) in [5, 5.41) is 3.26. The van der Waals surface area contributed by atoms with Crippen molar-refractivity contribution >= 4 is 5.69 Å². The monoisotopic (exact) mass is 299 g/mol. The van der Waals surface area contributed by atoms with Gasteiger partial charge >= 0.3 is 0 Å². The standard InChI is InChI=1S/C15H25NO5/c1-17-6-7-21-9-8-20-5-4-16-13-10-14(18-2)12-15(11-13)19-3/h10-12,16H,4-9H2,1-3H3. The van der Waals surface area contributed by atoms with E-state index in [0.717, 1.165) is 17.2 Å². The van der Waals surface area contributed by atoms with Crippen molar-refractivity contribution in [1.29, 1.82) is 0 Å². The van der Waals surface area contributed by atoms with Crippen molar-refractivity contribution in [1.82, 2.24) is 0 Å². The van der Waals surface area contributed by atoms with Crippen LogP contribution in [0.3, 0.4) is 0 Å². The quantitative estimate of drug-likeness (QED) is 0.594. The van der Waals surface area contributed by atoms with Crippen LogP contribution in [0.4, 0.5) is 5.69 Å². The lowest BCUT2D eigenvalue weighted by Crippen LogP contribution is -2.13. The summed E-state index contributed by atoms with van der Waals surface area (Å²) < 4.78 is 26.1. The number of nitrogens with one attached hydrogen (secondary N) is 1. The van der Waals surface area contributed by atoms with Crippen molar-refractivity contribution in [2.45, 2.75) is 0 Å². The van der Waals surface area contributed by atoms with E-state index in [1.807, 2.05) is 18.2 Å². The van der Waals surface area contributed by atoms with E-state index in [1.165, 1.54) is 0 Å². The Morgan fingerprint density at radius 3 is 1.90 bits per heavy atom. The lowest BCUT2D eigenvalue weighted by molar-refractivity contribution is 0.0272. The highest BCUT2D eigenvalue weighted by molar-refractivity contribution is 5.53. The predicted molar refractivity (Wildman–Crippen MR) is 81.5 cm³/mol. The average molecular weight is 299 g/mol. The van der Waals surface area contributed by atoms with Gasteiger partial charge < -0.3 is 29.0 Å². The minimum Gasteiger partial charge on any atom is -0.497 e. The summed E-state index contributed by atoms with van der Waals surface area (Å²) in [6, 6.07) is 5.66. The average Bonchev–Trinajstić information content (AvgIpc) is 2.52. The van der Waals surface area contributed by atoms with Gasteiger partial charge in [0.2, 0.25) is 0 Å². The van der Waals surface area contributed by atoms with Crippen molar-refractivity contribution in [3.63, 3.8) is 0 Å². The van der Waals surface area contributed by atoms with Gasteiger partial charge in [0, 0.05) is 37.5 Å². The smallest absolute Gasteiger partial charge is 0.124 e. The number of hydrogen-bond acceptors (Lipinski definition) is 6. The zero-order valence-electron chi connectivity index (χ0n) is 13.0. The highest BCUT2D eigenvalue weighted by Crippen LogP contribution is 2.25. The van der Waals surface area contributed by atoms with Gasteiger partial charge in [0.05, 0.1) is 47.3 Å². The van der Waals surface area contributed by atoms with Crippen LogP contribution in [0.15, 0.2) is 18.2 Å². The van der Waals surface area contributed by atoms with Gasteiger partial charge in [-0.15, -0.1) is 0 Å². The third kappa shape index (κ3) is 7.75. The first-order valence-corrected chi connectivity index (χ1v) is 6.91. The van der Waals surface area contributed by atoms with Crippen molar-refractivity contribution in [2.75, 3.05) is 66.2 Å². The molecule has 120 valence electrons. The van der Waals surface area contributed by atoms with Crippen LogP contribution in [0.2, 0.25) is 0 Å². The van der Waals surface area contributed by atoms with Crippen molar-refractivity contribution in [3.05, 3.63) is 18.2 Å². The molecule has 0 aliphatic carbocycles. The molecule has 0 aliphatic heterocycles. The molecular weight excluding hydrogens is 274 g/mol. The first-order valence-electron chi connectivity index (χ1n) is 6.91. The van der Waals surface area contributed by atoms with E-state index in [9.17, 15) is 0 Å². The topological polar surface area (TPSA) is 58.2 Å². The maximum Gasteiger partial charge on any atom is 0.124 e. The summed E-state index contributed by atoms with van der Waals surface area (Å²) in [5.74, 6) is 1.51. The third-order valence-electron chi connectivity index (χ3n) is 2.73. The van der Waals surface area contributed by atoms with Gasteiger partial charge in [0.25, 0.3) is 0 Å². The van der Waals surface area contributed by atoms with E-state index < -0.39 is 0 Å². The van der Waals surface area contributed by atoms with Crippen LogP contribution in [-0.4, -0.2) is 60.9 Å².